The molecule has 4 aliphatic rings. The maximum Gasteiger partial charge on any atom is 0.136 e. The van der Waals surface area contributed by atoms with Crippen LogP contribution in [0.3, 0.4) is 0 Å². The molecule has 88 valence electrons. The summed E-state index contributed by atoms with van der Waals surface area (Å²) in [4.78, 5) is 11.7. The molecule has 4 rings (SSSR count). The third-order valence-corrected chi connectivity index (χ3v) is 5.50. The minimum absolute atomic E-state index is 0.374. The summed E-state index contributed by atoms with van der Waals surface area (Å²) in [5.41, 5.74) is 2.14. The van der Waals surface area contributed by atoms with Gasteiger partial charge in [-0.1, -0.05) is 25.5 Å². The number of hydrogen-bond donors (Lipinski definition) is 0. The number of allylic oxidation sites excluding steroid dienone is 2. The largest absolute Gasteiger partial charge is 0.299 e. The number of Topliss-reactive ketones (excluding diaryl/α,β-unsaturated/α-hetero) is 1. The molecule has 0 aromatic heterocycles. The second-order valence-electron chi connectivity index (χ2n) is 6.58. The number of fused-ring (bicyclic) bond motifs is 1. The van der Waals surface area contributed by atoms with Crippen molar-refractivity contribution in [3.8, 4) is 0 Å². The Bertz CT molecular complexity index is 350. The topological polar surface area (TPSA) is 17.1 Å². The van der Waals surface area contributed by atoms with Crippen LogP contribution in [0.5, 0.6) is 0 Å². The molecule has 0 spiro atoms. The van der Waals surface area contributed by atoms with E-state index in [-0.39, 0.29) is 0 Å². The first-order valence-corrected chi connectivity index (χ1v) is 6.80. The van der Waals surface area contributed by atoms with Gasteiger partial charge in [-0.25, -0.2) is 0 Å². The van der Waals surface area contributed by atoms with E-state index in [2.05, 4.69) is 19.9 Å². The molecule has 2 fully saturated rings. The van der Waals surface area contributed by atoms with Crippen molar-refractivity contribution in [2.45, 2.75) is 52.4 Å². The van der Waals surface area contributed by atoms with E-state index in [0.29, 0.717) is 17.1 Å². The van der Waals surface area contributed by atoms with Crippen LogP contribution in [-0.4, -0.2) is 5.78 Å². The average molecular weight is 218 g/mol. The summed E-state index contributed by atoms with van der Waals surface area (Å²) in [6.07, 6.45) is 9.31. The molecule has 0 radical (unpaired) electrons. The molecule has 0 aliphatic heterocycles. The Labute approximate surface area is 98.3 Å². The smallest absolute Gasteiger partial charge is 0.136 e. The first kappa shape index (κ1) is 10.6. The van der Waals surface area contributed by atoms with Gasteiger partial charge in [-0.3, -0.25) is 4.79 Å². The van der Waals surface area contributed by atoms with Gasteiger partial charge in [-0.05, 0) is 49.4 Å². The van der Waals surface area contributed by atoms with Gasteiger partial charge in [0.15, 0.2) is 0 Å². The van der Waals surface area contributed by atoms with Crippen LogP contribution in [0.4, 0.5) is 0 Å². The van der Waals surface area contributed by atoms with E-state index in [4.69, 9.17) is 0 Å². The molecule has 2 bridgehead atoms. The molecule has 0 heterocycles. The van der Waals surface area contributed by atoms with Crippen molar-refractivity contribution in [3.05, 3.63) is 11.6 Å². The normalized spacial score (nSPS) is 40.5. The van der Waals surface area contributed by atoms with Crippen LogP contribution in [-0.2, 0) is 4.79 Å². The molecule has 0 aromatic carbocycles. The Hall–Kier alpha value is -0.590. The zero-order valence-electron chi connectivity index (χ0n) is 10.5. The number of carbonyl (C=O) groups is 1. The Morgan fingerprint density at radius 3 is 2.81 bits per heavy atom. The van der Waals surface area contributed by atoms with Crippen LogP contribution in [0.1, 0.15) is 52.4 Å². The summed E-state index contributed by atoms with van der Waals surface area (Å²) >= 11 is 0. The Morgan fingerprint density at radius 2 is 2.25 bits per heavy atom. The lowest BCUT2D eigenvalue weighted by Crippen LogP contribution is -2.48. The summed E-state index contributed by atoms with van der Waals surface area (Å²) in [5, 5.41) is 0. The number of rotatable bonds is 2. The summed E-state index contributed by atoms with van der Waals surface area (Å²) in [7, 11) is 0. The molecule has 0 saturated heterocycles. The van der Waals surface area contributed by atoms with E-state index in [1.807, 2.05) is 0 Å². The Morgan fingerprint density at radius 1 is 1.44 bits per heavy atom. The van der Waals surface area contributed by atoms with Crippen LogP contribution in [0, 0.1) is 23.2 Å². The standard InChI is InChI=1S/C15H22O/c1-15(2)12-7-6-10(13(15)9-12)8-11-4-3-5-14(11)16/h6,11-13H,3-5,7-9H2,1-2H3. The molecule has 0 N–H and O–H groups in total. The molecule has 0 aromatic rings. The molecular formula is C15H22O. The predicted molar refractivity (Wildman–Crippen MR) is 65.0 cm³/mol. The van der Waals surface area contributed by atoms with Gasteiger partial charge in [0.1, 0.15) is 5.78 Å². The van der Waals surface area contributed by atoms with Crippen LogP contribution >= 0.6 is 0 Å². The highest BCUT2D eigenvalue weighted by molar-refractivity contribution is 5.83. The highest BCUT2D eigenvalue weighted by atomic mass is 16.1. The SMILES string of the molecule is CC1(C)C2CC=C(CC3CCCC3=O)C1C2. The molecule has 2 saturated carbocycles. The lowest BCUT2D eigenvalue weighted by atomic mass is 9.48. The van der Waals surface area contributed by atoms with Gasteiger partial charge < -0.3 is 0 Å². The van der Waals surface area contributed by atoms with E-state index >= 15 is 0 Å². The second-order valence-corrected chi connectivity index (χ2v) is 6.58. The van der Waals surface area contributed by atoms with Crippen LogP contribution in [0.25, 0.3) is 0 Å². The van der Waals surface area contributed by atoms with Gasteiger partial charge in [0.05, 0.1) is 0 Å². The monoisotopic (exact) mass is 218 g/mol. The lowest BCUT2D eigenvalue weighted by Gasteiger charge is -2.56. The highest BCUT2D eigenvalue weighted by Crippen LogP contribution is 2.60. The zero-order valence-corrected chi connectivity index (χ0v) is 10.5. The van der Waals surface area contributed by atoms with Crippen molar-refractivity contribution >= 4 is 5.78 Å². The van der Waals surface area contributed by atoms with E-state index in [1.54, 1.807) is 5.57 Å². The van der Waals surface area contributed by atoms with Crippen LogP contribution in [0.2, 0.25) is 0 Å². The van der Waals surface area contributed by atoms with E-state index < -0.39 is 0 Å². The maximum absolute atomic E-state index is 11.7. The molecule has 3 unspecified atom stereocenters. The van der Waals surface area contributed by atoms with Crippen LogP contribution < -0.4 is 0 Å². The number of carbonyl (C=O) groups excluding carboxylic acids is 1. The molecule has 0 amide bonds. The van der Waals surface area contributed by atoms with Gasteiger partial charge in [0, 0.05) is 12.3 Å². The Kier molecular flexibility index (Phi) is 2.28. The van der Waals surface area contributed by atoms with Crippen molar-refractivity contribution < 1.29 is 4.79 Å². The summed E-state index contributed by atoms with van der Waals surface area (Å²) in [6.45, 7) is 4.82. The molecule has 1 heteroatoms. The fraction of sp³-hybridized carbons (Fsp3) is 0.800. The minimum Gasteiger partial charge on any atom is -0.299 e. The van der Waals surface area contributed by atoms with E-state index in [1.165, 1.54) is 12.8 Å². The highest BCUT2D eigenvalue weighted by Gasteiger charge is 2.51. The van der Waals surface area contributed by atoms with Crippen molar-refractivity contribution in [1.29, 1.82) is 0 Å². The fourth-order valence-corrected chi connectivity index (χ4v) is 4.09. The van der Waals surface area contributed by atoms with E-state index in [0.717, 1.165) is 37.5 Å². The van der Waals surface area contributed by atoms with Crippen LogP contribution in [0.15, 0.2) is 11.6 Å². The van der Waals surface area contributed by atoms with Gasteiger partial charge in [-0.15, -0.1) is 0 Å². The average Bonchev–Trinajstić information content (AvgIpc) is 2.64. The van der Waals surface area contributed by atoms with Crippen molar-refractivity contribution in [2.24, 2.45) is 23.2 Å². The quantitative estimate of drug-likeness (QED) is 0.645. The predicted octanol–water partition coefficient (Wildman–Crippen LogP) is 3.74. The van der Waals surface area contributed by atoms with E-state index in [9.17, 15) is 4.79 Å². The summed E-state index contributed by atoms with van der Waals surface area (Å²) in [5.74, 6) is 2.61. The first-order chi connectivity index (χ1) is 7.59. The van der Waals surface area contributed by atoms with Crippen molar-refractivity contribution in [2.75, 3.05) is 0 Å². The Balaban J connectivity index is 1.72. The minimum atomic E-state index is 0.374. The molecule has 1 nitrogen and oxygen atoms in total. The first-order valence-electron chi connectivity index (χ1n) is 6.80. The third kappa shape index (κ3) is 1.40. The van der Waals surface area contributed by atoms with Gasteiger partial charge >= 0.3 is 0 Å². The number of hydrogen-bond acceptors (Lipinski definition) is 1. The lowest BCUT2D eigenvalue weighted by molar-refractivity contribution is -0.120. The molecule has 4 aliphatic carbocycles. The molecule has 16 heavy (non-hydrogen) atoms. The summed E-state index contributed by atoms with van der Waals surface area (Å²) < 4.78 is 0. The van der Waals surface area contributed by atoms with Crippen molar-refractivity contribution in [1.82, 2.24) is 0 Å². The zero-order chi connectivity index (χ0) is 11.3. The molecule has 3 atom stereocenters. The second kappa shape index (κ2) is 3.45. The summed E-state index contributed by atoms with van der Waals surface area (Å²) in [6, 6.07) is 0. The number of ketones is 1. The maximum atomic E-state index is 11.7. The van der Waals surface area contributed by atoms with Gasteiger partial charge in [0.2, 0.25) is 0 Å². The van der Waals surface area contributed by atoms with Crippen molar-refractivity contribution in [3.63, 3.8) is 0 Å². The van der Waals surface area contributed by atoms with Gasteiger partial charge in [0.25, 0.3) is 0 Å². The van der Waals surface area contributed by atoms with Gasteiger partial charge in [-0.2, -0.15) is 0 Å². The fourth-order valence-electron chi connectivity index (χ4n) is 4.09. The third-order valence-electron chi connectivity index (χ3n) is 5.50. The molecular weight excluding hydrogens is 196 g/mol.